The van der Waals surface area contributed by atoms with Crippen molar-refractivity contribution >= 4 is 34.3 Å². The molecule has 0 aliphatic carbocycles. The molecule has 0 saturated carbocycles. The van der Waals surface area contributed by atoms with Gasteiger partial charge in [-0.25, -0.2) is 0 Å². The first kappa shape index (κ1) is 25.0. The number of alkyl halides is 3. The summed E-state index contributed by atoms with van der Waals surface area (Å²) in [7, 11) is 0. The topological polar surface area (TPSA) is 76.5 Å². The lowest BCUT2D eigenvalue weighted by molar-refractivity contribution is -0.173. The van der Waals surface area contributed by atoms with Crippen LogP contribution in [0.25, 0.3) is 10.9 Å². The van der Waals surface area contributed by atoms with E-state index in [0.29, 0.717) is 35.8 Å². The van der Waals surface area contributed by atoms with Crippen LogP contribution in [0.2, 0.25) is 5.02 Å². The van der Waals surface area contributed by atoms with E-state index in [0.717, 1.165) is 16.5 Å². The molecule has 1 fully saturated rings. The number of hydrogen-bond acceptors (Lipinski definition) is 4. The highest BCUT2D eigenvalue weighted by Gasteiger charge is 2.31. The van der Waals surface area contributed by atoms with Crippen LogP contribution in [0.3, 0.4) is 0 Å². The van der Waals surface area contributed by atoms with Gasteiger partial charge >= 0.3 is 6.18 Å². The van der Waals surface area contributed by atoms with E-state index in [4.69, 9.17) is 11.6 Å². The quantitative estimate of drug-likeness (QED) is 0.465. The fraction of sp³-hybridized carbons (Fsp3) is 0.375. The molecule has 4 rings (SSSR count). The zero-order valence-electron chi connectivity index (χ0n) is 18.9. The Hall–Kier alpha value is -3.11. The predicted octanol–water partition coefficient (Wildman–Crippen LogP) is 4.08. The summed E-state index contributed by atoms with van der Waals surface area (Å²) in [6, 6.07) is 10.2. The SMILES string of the molecule is Cc1c(C(=O)NCCOCC(F)(F)F)ccc2nn(CC3CN(C(=O)c4ccc(Cl)cc4)C3)cc12. The van der Waals surface area contributed by atoms with Crippen molar-refractivity contribution in [3.05, 3.63) is 64.3 Å². The molecule has 2 aromatic carbocycles. The standard InChI is InChI=1S/C24H24ClF3N4O3/c1-15-19(22(33)29-8-9-35-14-24(26,27)28)6-7-21-20(15)13-32(30-21)12-16-10-31(11-16)23(34)17-2-4-18(25)5-3-17/h2-7,13,16H,8-12,14H2,1H3,(H,29,33). The second-order valence-electron chi connectivity index (χ2n) is 8.53. The number of aryl methyl sites for hydroxylation is 1. The third-order valence-electron chi connectivity index (χ3n) is 5.83. The maximum absolute atomic E-state index is 12.5. The number of likely N-dealkylation sites (tertiary alicyclic amines) is 1. The van der Waals surface area contributed by atoms with Crippen molar-refractivity contribution < 1.29 is 27.5 Å². The molecule has 1 aromatic heterocycles. The molecule has 0 bridgehead atoms. The molecular formula is C24H24ClF3N4O3. The molecule has 7 nitrogen and oxygen atoms in total. The van der Waals surface area contributed by atoms with Gasteiger partial charge in [0.05, 0.1) is 12.1 Å². The van der Waals surface area contributed by atoms with Crippen LogP contribution >= 0.6 is 11.6 Å². The molecule has 11 heteroatoms. The Bertz CT molecular complexity index is 1220. The Labute approximate surface area is 204 Å². The highest BCUT2D eigenvalue weighted by molar-refractivity contribution is 6.30. The molecule has 1 aliphatic rings. The van der Waals surface area contributed by atoms with E-state index in [1.54, 1.807) is 48.2 Å². The van der Waals surface area contributed by atoms with Gasteiger partial charge in [0.1, 0.15) is 6.61 Å². The summed E-state index contributed by atoms with van der Waals surface area (Å²) in [4.78, 5) is 26.8. The Balaban J connectivity index is 1.31. The Kier molecular flexibility index (Phi) is 7.32. The molecule has 0 spiro atoms. The number of amides is 2. The van der Waals surface area contributed by atoms with Crippen molar-refractivity contribution in [2.24, 2.45) is 5.92 Å². The molecule has 3 aromatic rings. The Morgan fingerprint density at radius 2 is 1.89 bits per heavy atom. The molecule has 0 atom stereocenters. The summed E-state index contributed by atoms with van der Waals surface area (Å²) in [5, 5.41) is 8.56. The Morgan fingerprint density at radius 3 is 2.57 bits per heavy atom. The molecule has 1 aliphatic heterocycles. The normalized spacial score (nSPS) is 14.3. The van der Waals surface area contributed by atoms with Crippen LogP contribution in [0.1, 0.15) is 26.3 Å². The number of fused-ring (bicyclic) bond motifs is 1. The lowest BCUT2D eigenvalue weighted by atomic mass is 9.99. The number of carbonyl (C=O) groups is 2. The van der Waals surface area contributed by atoms with Gasteiger partial charge in [0, 0.05) is 59.8 Å². The first-order valence-electron chi connectivity index (χ1n) is 11.0. The van der Waals surface area contributed by atoms with E-state index in [-0.39, 0.29) is 30.9 Å². The lowest BCUT2D eigenvalue weighted by Crippen LogP contribution is -2.51. The number of hydrogen-bond donors (Lipinski definition) is 1. The predicted molar refractivity (Wildman–Crippen MR) is 125 cm³/mol. The number of nitrogens with zero attached hydrogens (tertiary/aromatic N) is 3. The van der Waals surface area contributed by atoms with Crippen LogP contribution in [0.4, 0.5) is 13.2 Å². The van der Waals surface area contributed by atoms with Crippen molar-refractivity contribution in [1.82, 2.24) is 20.0 Å². The molecule has 186 valence electrons. The monoisotopic (exact) mass is 508 g/mol. The number of rotatable bonds is 8. The van der Waals surface area contributed by atoms with Crippen molar-refractivity contribution in [3.8, 4) is 0 Å². The van der Waals surface area contributed by atoms with E-state index in [9.17, 15) is 22.8 Å². The van der Waals surface area contributed by atoms with Crippen molar-refractivity contribution in [2.45, 2.75) is 19.6 Å². The van der Waals surface area contributed by atoms with Crippen LogP contribution in [-0.4, -0.2) is 65.5 Å². The zero-order chi connectivity index (χ0) is 25.2. The third kappa shape index (κ3) is 6.12. The number of aromatic nitrogens is 2. The molecule has 1 N–H and O–H groups in total. The number of carbonyl (C=O) groups excluding carboxylic acids is 2. The van der Waals surface area contributed by atoms with Crippen LogP contribution in [0.5, 0.6) is 0 Å². The first-order chi connectivity index (χ1) is 16.6. The van der Waals surface area contributed by atoms with Gasteiger partial charge in [-0.3, -0.25) is 14.3 Å². The van der Waals surface area contributed by atoms with Crippen LogP contribution < -0.4 is 5.32 Å². The van der Waals surface area contributed by atoms with Gasteiger partial charge in [0.2, 0.25) is 0 Å². The van der Waals surface area contributed by atoms with E-state index in [2.05, 4.69) is 15.2 Å². The summed E-state index contributed by atoms with van der Waals surface area (Å²) in [6.45, 7) is 2.08. The summed E-state index contributed by atoms with van der Waals surface area (Å²) >= 11 is 5.88. The number of benzene rings is 2. The largest absolute Gasteiger partial charge is 0.411 e. The zero-order valence-corrected chi connectivity index (χ0v) is 19.7. The lowest BCUT2D eigenvalue weighted by Gasteiger charge is -2.39. The summed E-state index contributed by atoms with van der Waals surface area (Å²) < 4.78 is 42.7. The minimum atomic E-state index is -4.39. The first-order valence-corrected chi connectivity index (χ1v) is 11.4. The number of nitrogens with one attached hydrogen (secondary N) is 1. The highest BCUT2D eigenvalue weighted by Crippen LogP contribution is 2.24. The molecule has 2 amide bonds. The average molecular weight is 509 g/mol. The van der Waals surface area contributed by atoms with Crippen LogP contribution in [0.15, 0.2) is 42.6 Å². The van der Waals surface area contributed by atoms with Crippen molar-refractivity contribution in [2.75, 3.05) is 32.8 Å². The molecule has 2 heterocycles. The number of ether oxygens (including phenoxy) is 1. The molecule has 0 radical (unpaired) electrons. The van der Waals surface area contributed by atoms with E-state index in [1.807, 2.05) is 10.9 Å². The van der Waals surface area contributed by atoms with Crippen molar-refractivity contribution in [1.29, 1.82) is 0 Å². The molecular weight excluding hydrogens is 485 g/mol. The molecule has 0 unspecified atom stereocenters. The van der Waals surface area contributed by atoms with Gasteiger partial charge in [-0.1, -0.05) is 11.6 Å². The van der Waals surface area contributed by atoms with E-state index in [1.165, 1.54) is 0 Å². The van der Waals surface area contributed by atoms with Gasteiger partial charge in [-0.15, -0.1) is 0 Å². The summed E-state index contributed by atoms with van der Waals surface area (Å²) in [5.74, 6) is -0.151. The second kappa shape index (κ2) is 10.2. The minimum Gasteiger partial charge on any atom is -0.370 e. The van der Waals surface area contributed by atoms with E-state index < -0.39 is 12.8 Å². The fourth-order valence-corrected chi connectivity index (χ4v) is 4.16. The minimum absolute atomic E-state index is 0.0288. The van der Waals surface area contributed by atoms with Gasteiger partial charge < -0.3 is 15.0 Å². The highest BCUT2D eigenvalue weighted by atomic mass is 35.5. The maximum atomic E-state index is 12.5. The van der Waals surface area contributed by atoms with E-state index >= 15 is 0 Å². The summed E-state index contributed by atoms with van der Waals surface area (Å²) in [5.41, 5.74) is 2.50. The maximum Gasteiger partial charge on any atom is 0.411 e. The summed E-state index contributed by atoms with van der Waals surface area (Å²) in [6.07, 6.45) is -2.52. The van der Waals surface area contributed by atoms with Gasteiger partial charge in [-0.2, -0.15) is 18.3 Å². The second-order valence-corrected chi connectivity index (χ2v) is 8.97. The molecule has 35 heavy (non-hydrogen) atoms. The van der Waals surface area contributed by atoms with Crippen LogP contribution in [0, 0.1) is 12.8 Å². The van der Waals surface area contributed by atoms with Gasteiger partial charge in [0.15, 0.2) is 0 Å². The van der Waals surface area contributed by atoms with Gasteiger partial charge in [0.25, 0.3) is 11.8 Å². The molecule has 1 saturated heterocycles. The fourth-order valence-electron chi connectivity index (χ4n) is 4.03. The smallest absolute Gasteiger partial charge is 0.370 e. The van der Waals surface area contributed by atoms with Crippen molar-refractivity contribution in [3.63, 3.8) is 0 Å². The Morgan fingerprint density at radius 1 is 1.17 bits per heavy atom. The number of halogens is 4. The van der Waals surface area contributed by atoms with Crippen LogP contribution in [-0.2, 0) is 11.3 Å². The average Bonchev–Trinajstić information content (AvgIpc) is 3.19. The third-order valence-corrected chi connectivity index (χ3v) is 6.08. The van der Waals surface area contributed by atoms with Gasteiger partial charge in [-0.05, 0) is 48.9 Å².